The predicted octanol–water partition coefficient (Wildman–Crippen LogP) is 5.84. The van der Waals surface area contributed by atoms with Crippen molar-refractivity contribution in [3.05, 3.63) is 47.6 Å². The summed E-state index contributed by atoms with van der Waals surface area (Å²) in [6, 6.07) is 1.84. The Kier molecular flexibility index (Phi) is 6.01. The number of aliphatic hydroxyl groups is 1. The Morgan fingerprint density at radius 2 is 1.95 bits per heavy atom. The average molecular weight is 539 g/mol. The molecule has 0 amide bonds. The lowest BCUT2D eigenvalue weighted by molar-refractivity contribution is -0.187. The summed E-state index contributed by atoms with van der Waals surface area (Å²) in [5.74, 6) is -4.38. The minimum Gasteiger partial charge on any atom is -0.508 e. The first kappa shape index (κ1) is 26.1. The lowest BCUT2D eigenvalue weighted by atomic mass is 9.44. The summed E-state index contributed by atoms with van der Waals surface area (Å²) in [5.41, 5.74) is -7.01. The highest BCUT2D eigenvalue weighted by atomic mass is 32.2. The van der Waals surface area contributed by atoms with Crippen molar-refractivity contribution < 1.29 is 41.8 Å². The molecule has 8 atom stereocenters. The Labute approximate surface area is 216 Å². The molecule has 0 radical (unpaired) electrons. The monoisotopic (exact) mass is 538 g/mol. The van der Waals surface area contributed by atoms with Crippen LogP contribution in [0.2, 0.25) is 0 Å². The van der Waals surface area contributed by atoms with Gasteiger partial charge in [-0.05, 0) is 74.1 Å². The number of aliphatic hydroxyl groups excluding tert-OH is 1. The van der Waals surface area contributed by atoms with E-state index in [9.17, 15) is 23.9 Å². The van der Waals surface area contributed by atoms with Gasteiger partial charge in [-0.2, -0.15) is 0 Å². The van der Waals surface area contributed by atoms with Crippen LogP contribution in [0.5, 0.6) is 0 Å². The molecule has 0 aromatic carbocycles. The number of allylic oxidation sites excluding steroid dienone is 3. The van der Waals surface area contributed by atoms with Gasteiger partial charge in [0.25, 0.3) is 0 Å². The molecule has 10 heteroatoms. The minimum atomic E-state index is -2.16. The molecule has 1 heterocycles. The second-order valence-electron chi connectivity index (χ2n) is 11.1. The number of carbonyl (C=O) groups excluding carboxylic acids is 3. The van der Waals surface area contributed by atoms with E-state index in [0.717, 1.165) is 12.2 Å². The van der Waals surface area contributed by atoms with Gasteiger partial charge < -0.3 is 14.3 Å². The van der Waals surface area contributed by atoms with Crippen LogP contribution in [0, 0.1) is 28.6 Å². The molecule has 3 saturated carbocycles. The second kappa shape index (κ2) is 8.51. The Morgan fingerprint density at radius 1 is 1.22 bits per heavy atom. The standard InChI is InChI=1S/C27H29F3O6S/c1-14-9-16-17-12-19(29)18-10-15(31)11-21(32)25(18,3)26(17,30)7-6-24(16,2)27(14,23(34)37-13-28)36-22(33)20-5-4-8-35-20/h4-5,8,10-11,14,16-17,19,31H,6-7,9,12-13H2,1-3H3/t14?,16-,17-,19?,24-,25+,26?,27?/m0/s1. The highest BCUT2D eigenvalue weighted by Gasteiger charge is 2.77. The van der Waals surface area contributed by atoms with Crippen LogP contribution in [0.25, 0.3) is 0 Å². The molecule has 1 aromatic rings. The first-order chi connectivity index (χ1) is 17.4. The average Bonchev–Trinajstić information content (AvgIpc) is 3.45. The predicted molar refractivity (Wildman–Crippen MR) is 129 cm³/mol. The zero-order chi connectivity index (χ0) is 27.0. The highest BCUT2D eigenvalue weighted by Crippen LogP contribution is 2.72. The van der Waals surface area contributed by atoms with Crippen LogP contribution in [0.4, 0.5) is 13.2 Å². The van der Waals surface area contributed by atoms with E-state index >= 15 is 8.78 Å². The van der Waals surface area contributed by atoms with E-state index in [4.69, 9.17) is 9.15 Å². The van der Waals surface area contributed by atoms with Crippen LogP contribution in [0.3, 0.4) is 0 Å². The van der Waals surface area contributed by atoms with Crippen molar-refractivity contribution in [3.63, 3.8) is 0 Å². The fraction of sp³-hybridized carbons (Fsp3) is 0.593. The molecule has 0 bridgehead atoms. The Balaban J connectivity index is 1.61. The van der Waals surface area contributed by atoms with E-state index < -0.39 is 74.7 Å². The Morgan fingerprint density at radius 3 is 2.59 bits per heavy atom. The molecule has 1 N–H and O–H groups in total. The van der Waals surface area contributed by atoms with Gasteiger partial charge >= 0.3 is 5.97 Å². The van der Waals surface area contributed by atoms with Gasteiger partial charge in [-0.3, -0.25) is 9.59 Å². The summed E-state index contributed by atoms with van der Waals surface area (Å²) < 4.78 is 57.5. The van der Waals surface area contributed by atoms with Crippen LogP contribution in [-0.4, -0.2) is 45.4 Å². The maximum atomic E-state index is 17.3. The zero-order valence-electron chi connectivity index (χ0n) is 20.8. The van der Waals surface area contributed by atoms with Crippen molar-refractivity contribution in [1.82, 2.24) is 0 Å². The molecule has 1 aromatic heterocycles. The molecule has 6 nitrogen and oxygen atoms in total. The van der Waals surface area contributed by atoms with Crippen molar-refractivity contribution in [2.24, 2.45) is 28.6 Å². The van der Waals surface area contributed by atoms with Crippen molar-refractivity contribution in [3.8, 4) is 0 Å². The van der Waals surface area contributed by atoms with Gasteiger partial charge in [0.1, 0.15) is 23.6 Å². The molecule has 0 saturated heterocycles. The molecule has 0 spiro atoms. The van der Waals surface area contributed by atoms with E-state index in [2.05, 4.69) is 0 Å². The molecule has 4 aliphatic carbocycles. The summed E-state index contributed by atoms with van der Waals surface area (Å²) in [6.45, 7) is 4.81. The first-order valence-electron chi connectivity index (χ1n) is 12.4. The number of furan rings is 1. The van der Waals surface area contributed by atoms with E-state index in [1.54, 1.807) is 13.8 Å². The van der Waals surface area contributed by atoms with Gasteiger partial charge in [0, 0.05) is 23.3 Å². The number of esters is 1. The third kappa shape index (κ3) is 3.23. The summed E-state index contributed by atoms with van der Waals surface area (Å²) in [6.07, 6.45) is 1.48. The van der Waals surface area contributed by atoms with Crippen LogP contribution >= 0.6 is 11.8 Å². The molecule has 3 fully saturated rings. The third-order valence-electron chi connectivity index (χ3n) is 9.80. The highest BCUT2D eigenvalue weighted by molar-refractivity contribution is 8.13. The van der Waals surface area contributed by atoms with Gasteiger partial charge in [-0.25, -0.2) is 18.0 Å². The van der Waals surface area contributed by atoms with Crippen LogP contribution in [-0.2, 0) is 14.3 Å². The zero-order valence-corrected chi connectivity index (χ0v) is 21.6. The molecular weight excluding hydrogens is 509 g/mol. The van der Waals surface area contributed by atoms with Gasteiger partial charge in [0.2, 0.25) is 10.9 Å². The van der Waals surface area contributed by atoms with E-state index in [1.807, 2.05) is 0 Å². The largest absolute Gasteiger partial charge is 0.508 e. The number of thioether (sulfide) groups is 1. The minimum absolute atomic E-state index is 0.0435. The van der Waals surface area contributed by atoms with Crippen LogP contribution in [0.1, 0.15) is 57.0 Å². The lowest BCUT2D eigenvalue weighted by Gasteiger charge is -2.61. The van der Waals surface area contributed by atoms with E-state index in [0.29, 0.717) is 11.8 Å². The quantitative estimate of drug-likeness (QED) is 0.481. The summed E-state index contributed by atoms with van der Waals surface area (Å²) >= 11 is 0.392. The lowest BCUT2D eigenvalue weighted by Crippen LogP contribution is -2.67. The fourth-order valence-electron chi connectivity index (χ4n) is 7.95. The number of alkyl halides is 3. The molecule has 0 aliphatic heterocycles. The smallest absolute Gasteiger partial charge is 0.375 e. The topological polar surface area (TPSA) is 93.8 Å². The number of hydrogen-bond donors (Lipinski definition) is 1. The number of ketones is 1. The summed E-state index contributed by atoms with van der Waals surface area (Å²) in [7, 11) is 0. The number of carbonyl (C=O) groups is 3. The number of rotatable bonds is 4. The van der Waals surface area contributed by atoms with Crippen LogP contribution in [0.15, 0.2) is 46.3 Å². The normalized spacial score (nSPS) is 42.7. The van der Waals surface area contributed by atoms with Crippen molar-refractivity contribution >= 4 is 28.6 Å². The molecule has 4 aliphatic rings. The second-order valence-corrected chi connectivity index (χ2v) is 12.0. The van der Waals surface area contributed by atoms with Gasteiger partial charge in [0.15, 0.2) is 11.4 Å². The molecule has 37 heavy (non-hydrogen) atoms. The Hall–Kier alpha value is -2.49. The van der Waals surface area contributed by atoms with Crippen molar-refractivity contribution in [2.75, 3.05) is 6.01 Å². The number of ether oxygens (including phenoxy) is 1. The molecule has 5 rings (SSSR count). The Bertz CT molecular complexity index is 1210. The fourth-order valence-corrected chi connectivity index (χ4v) is 8.74. The maximum absolute atomic E-state index is 17.3. The number of hydrogen-bond acceptors (Lipinski definition) is 7. The third-order valence-corrected chi connectivity index (χ3v) is 10.5. The van der Waals surface area contributed by atoms with Gasteiger partial charge in [0.05, 0.1) is 11.7 Å². The molecular formula is C27H29F3O6S. The maximum Gasteiger partial charge on any atom is 0.375 e. The summed E-state index contributed by atoms with van der Waals surface area (Å²) in [4.78, 5) is 39.8. The molecule has 200 valence electrons. The van der Waals surface area contributed by atoms with Gasteiger partial charge in [-0.1, -0.05) is 13.8 Å². The van der Waals surface area contributed by atoms with Crippen molar-refractivity contribution in [1.29, 1.82) is 0 Å². The number of halogens is 3. The SMILES string of the molecule is CC1C[C@H]2[C@@H]3CC(F)C4=CC(O)=CC(=O)[C@]4(C)C3(F)CC[C@]2(C)C1(OC(=O)c1ccco1)C(=O)SCF. The van der Waals surface area contributed by atoms with Gasteiger partial charge in [-0.15, -0.1) is 0 Å². The number of fused-ring (bicyclic) bond motifs is 5. The van der Waals surface area contributed by atoms with E-state index in [-0.39, 0.29) is 37.0 Å². The van der Waals surface area contributed by atoms with Crippen LogP contribution < -0.4 is 0 Å². The molecule has 4 unspecified atom stereocenters. The summed E-state index contributed by atoms with van der Waals surface area (Å²) in [5, 5.41) is 9.27. The first-order valence-corrected chi connectivity index (χ1v) is 13.4. The van der Waals surface area contributed by atoms with E-state index in [1.165, 1.54) is 25.3 Å². The van der Waals surface area contributed by atoms with Crippen molar-refractivity contribution in [2.45, 2.75) is 63.9 Å².